The fraction of sp³-hybridized carbons (Fsp3) is 0.318. The molecule has 0 aliphatic rings. The van der Waals surface area contributed by atoms with Crippen molar-refractivity contribution in [2.75, 3.05) is 32.0 Å². The molecular weight excluding hydrogens is 465 g/mol. The van der Waals surface area contributed by atoms with Gasteiger partial charge in [0.25, 0.3) is 6.47 Å². The Balaban J connectivity index is 0.000000485. The van der Waals surface area contributed by atoms with Crippen molar-refractivity contribution in [3.8, 4) is 5.75 Å². The number of hydrogen-bond donors (Lipinski definition) is 0. The van der Waals surface area contributed by atoms with Gasteiger partial charge in [-0.05, 0) is 37.0 Å². The highest BCUT2D eigenvalue weighted by atomic mass is 35.5. The monoisotopic (exact) mass is 489 g/mol. The van der Waals surface area contributed by atoms with Crippen LogP contribution in [-0.4, -0.2) is 43.4 Å². The summed E-state index contributed by atoms with van der Waals surface area (Å²) in [6.07, 6.45) is 1.09. The quantitative estimate of drug-likeness (QED) is 0.258. The van der Waals surface area contributed by atoms with Crippen LogP contribution in [0.3, 0.4) is 0 Å². The van der Waals surface area contributed by atoms with E-state index < -0.39 is 0 Å². The lowest BCUT2D eigenvalue weighted by atomic mass is 10.1. The molecule has 8 heteroatoms. The third kappa shape index (κ3) is 10.0. The fourth-order valence-corrected chi connectivity index (χ4v) is 3.43. The summed E-state index contributed by atoms with van der Waals surface area (Å²) in [5.41, 5.74) is 0. The van der Waals surface area contributed by atoms with Gasteiger partial charge in [0.2, 0.25) is 0 Å². The van der Waals surface area contributed by atoms with Crippen LogP contribution in [-0.2, 0) is 9.53 Å². The van der Waals surface area contributed by atoms with E-state index in [0.717, 1.165) is 18.7 Å². The number of benzene rings is 2. The molecule has 1 aromatic heterocycles. The Labute approximate surface area is 197 Å². The van der Waals surface area contributed by atoms with Crippen LogP contribution in [0.15, 0.2) is 60.0 Å². The molecule has 0 N–H and O–H groups in total. The number of fused-ring (bicyclic) bond motifs is 1. The highest BCUT2D eigenvalue weighted by Crippen LogP contribution is 2.32. The van der Waals surface area contributed by atoms with Crippen molar-refractivity contribution in [3.05, 3.63) is 64.9 Å². The Morgan fingerprint density at radius 2 is 1.73 bits per heavy atom. The second kappa shape index (κ2) is 16.2. The molecule has 0 aliphatic heterocycles. The fourth-order valence-electron chi connectivity index (χ4n) is 2.59. The molecule has 4 nitrogen and oxygen atoms in total. The molecule has 0 aliphatic carbocycles. The van der Waals surface area contributed by atoms with Crippen LogP contribution in [0.5, 0.6) is 5.75 Å². The number of halogens is 3. The minimum absolute atomic E-state index is 0.0521. The average Bonchev–Trinajstić information content (AvgIpc) is 3.27. The molecule has 3 rings (SSSR count). The van der Waals surface area contributed by atoms with Crippen molar-refractivity contribution in [2.45, 2.75) is 12.5 Å². The minimum Gasteiger partial charge on any atom is -0.484 e. The van der Waals surface area contributed by atoms with Gasteiger partial charge in [0.05, 0.1) is 5.34 Å². The van der Waals surface area contributed by atoms with Crippen LogP contribution in [0.1, 0.15) is 17.4 Å². The van der Waals surface area contributed by atoms with Gasteiger partial charge in [0.15, 0.2) is 6.07 Å². The van der Waals surface area contributed by atoms with E-state index in [4.69, 9.17) is 44.3 Å². The lowest BCUT2D eigenvalue weighted by Crippen LogP contribution is -2.18. The predicted octanol–water partition coefficient (Wildman–Crippen LogP) is 6.75. The number of thiophene rings is 1. The van der Waals surface area contributed by atoms with Crippen molar-refractivity contribution < 1.29 is 14.3 Å². The Hall–Kier alpha value is -1.50. The molecule has 0 saturated carbocycles. The number of carbonyl (C=O) groups is 1. The maximum absolute atomic E-state index is 9.10. The van der Waals surface area contributed by atoms with Crippen molar-refractivity contribution in [3.63, 3.8) is 0 Å². The summed E-state index contributed by atoms with van der Waals surface area (Å²) in [5.74, 6) is 0.968. The van der Waals surface area contributed by atoms with Crippen LogP contribution in [0.2, 0.25) is 0 Å². The second-order valence-corrected chi connectivity index (χ2v) is 8.17. The van der Waals surface area contributed by atoms with Crippen LogP contribution >= 0.6 is 46.1 Å². The first-order chi connectivity index (χ1) is 14.6. The smallest absolute Gasteiger partial charge is 0.294 e. The van der Waals surface area contributed by atoms with E-state index in [1.165, 1.54) is 15.6 Å². The first-order valence-electron chi connectivity index (χ1n) is 9.13. The molecule has 0 bridgehead atoms. The molecule has 0 spiro atoms. The molecule has 2 aromatic carbocycles. The number of nitrogens with zero attached hydrogens (tertiary/aromatic N) is 1. The third-order valence-corrected chi connectivity index (χ3v) is 4.94. The second-order valence-electron chi connectivity index (χ2n) is 6.16. The van der Waals surface area contributed by atoms with E-state index in [9.17, 15) is 0 Å². The summed E-state index contributed by atoms with van der Waals surface area (Å²) < 4.78 is 10.3. The number of rotatable bonds is 8. The van der Waals surface area contributed by atoms with Gasteiger partial charge >= 0.3 is 0 Å². The standard InChI is InChI=1S/C19H21NOS.C2H3ClO2.CH2Cl2/c1-20(2)13-12-18(19-11-6-14-22-19)21-17-10-5-8-15-7-3-4-9-16(15)17;3-1-5-2-4;2-1-3/h3-11,14,18H,12-13H2,1-2H3;2H,1H2;1H2/t18-;;/m0../s1. The lowest BCUT2D eigenvalue weighted by Gasteiger charge is -2.21. The van der Waals surface area contributed by atoms with E-state index in [0.29, 0.717) is 6.47 Å². The van der Waals surface area contributed by atoms with Crippen LogP contribution in [0, 0.1) is 0 Å². The van der Waals surface area contributed by atoms with E-state index in [2.05, 4.69) is 83.7 Å². The summed E-state index contributed by atoms with van der Waals surface area (Å²) in [4.78, 5) is 12.6. The summed E-state index contributed by atoms with van der Waals surface area (Å²) >= 11 is 16.1. The maximum atomic E-state index is 9.10. The van der Waals surface area contributed by atoms with Crippen molar-refractivity contribution in [1.82, 2.24) is 4.90 Å². The Morgan fingerprint density at radius 3 is 2.30 bits per heavy atom. The Bertz CT molecular complexity index is 826. The SMILES string of the molecule is CN(C)CC[C@H](Oc1cccc2ccccc12)c1cccs1.ClCCl.O=COCCl. The van der Waals surface area contributed by atoms with Crippen molar-refractivity contribution in [1.29, 1.82) is 0 Å². The Kier molecular flexibility index (Phi) is 14.4. The molecule has 0 unspecified atom stereocenters. The van der Waals surface area contributed by atoms with Gasteiger partial charge in [-0.1, -0.05) is 54.1 Å². The van der Waals surface area contributed by atoms with Gasteiger partial charge in [-0.25, -0.2) is 0 Å². The molecule has 1 heterocycles. The predicted molar refractivity (Wildman–Crippen MR) is 129 cm³/mol. The molecule has 0 radical (unpaired) electrons. The molecule has 0 fully saturated rings. The number of alkyl halides is 3. The van der Waals surface area contributed by atoms with Gasteiger partial charge in [0, 0.05) is 23.2 Å². The van der Waals surface area contributed by atoms with Gasteiger partial charge in [0.1, 0.15) is 11.9 Å². The average molecular weight is 491 g/mol. The number of hydrogen-bond acceptors (Lipinski definition) is 5. The number of ether oxygens (including phenoxy) is 2. The first kappa shape index (κ1) is 26.5. The zero-order valence-corrected chi connectivity index (χ0v) is 20.1. The topological polar surface area (TPSA) is 38.8 Å². The number of carbonyl (C=O) groups excluding carboxylic acids is 1. The van der Waals surface area contributed by atoms with Gasteiger partial charge in [-0.15, -0.1) is 34.5 Å². The summed E-state index contributed by atoms with van der Waals surface area (Å²) in [6.45, 7) is 1.31. The van der Waals surface area contributed by atoms with E-state index in [1.54, 1.807) is 11.3 Å². The largest absolute Gasteiger partial charge is 0.484 e. The van der Waals surface area contributed by atoms with Crippen LogP contribution < -0.4 is 4.74 Å². The molecular formula is C22H26Cl3NO3S. The molecule has 1 atom stereocenters. The van der Waals surface area contributed by atoms with Crippen LogP contribution in [0.25, 0.3) is 10.8 Å². The van der Waals surface area contributed by atoms with Gasteiger partial charge in [-0.2, -0.15) is 0 Å². The molecule has 164 valence electrons. The van der Waals surface area contributed by atoms with Gasteiger partial charge < -0.3 is 14.4 Å². The van der Waals surface area contributed by atoms with Crippen molar-refractivity contribution >= 4 is 63.4 Å². The maximum Gasteiger partial charge on any atom is 0.294 e. The lowest BCUT2D eigenvalue weighted by molar-refractivity contribution is -0.126. The molecule has 0 amide bonds. The van der Waals surface area contributed by atoms with Crippen LogP contribution in [0.4, 0.5) is 0 Å². The summed E-state index contributed by atoms with van der Waals surface area (Å²) in [7, 11) is 4.20. The third-order valence-electron chi connectivity index (χ3n) is 3.85. The first-order valence-corrected chi connectivity index (χ1v) is 11.6. The highest BCUT2D eigenvalue weighted by Gasteiger charge is 2.16. The van der Waals surface area contributed by atoms with E-state index in [-0.39, 0.29) is 17.5 Å². The molecule has 0 saturated heterocycles. The normalized spacial score (nSPS) is 11.0. The summed E-state index contributed by atoms with van der Waals surface area (Å²) in [6, 6.07) is 18.8. The molecule has 30 heavy (non-hydrogen) atoms. The van der Waals surface area contributed by atoms with Gasteiger partial charge in [-0.3, -0.25) is 4.79 Å². The summed E-state index contributed by atoms with van der Waals surface area (Å²) in [5, 5.41) is 4.71. The minimum atomic E-state index is -0.0521. The Morgan fingerprint density at radius 1 is 1.03 bits per heavy atom. The van der Waals surface area contributed by atoms with Crippen molar-refractivity contribution in [2.24, 2.45) is 0 Å². The highest BCUT2D eigenvalue weighted by molar-refractivity contribution is 7.10. The van der Waals surface area contributed by atoms with E-state index in [1.807, 2.05) is 0 Å². The zero-order valence-electron chi connectivity index (χ0n) is 17.0. The van der Waals surface area contributed by atoms with E-state index >= 15 is 0 Å². The molecule has 3 aromatic rings. The zero-order chi connectivity index (χ0) is 22.2.